The van der Waals surface area contributed by atoms with Crippen molar-refractivity contribution in [1.82, 2.24) is 4.98 Å². The first kappa shape index (κ1) is 11.7. The maximum Gasteiger partial charge on any atom is 0.295 e. The summed E-state index contributed by atoms with van der Waals surface area (Å²) in [5.74, 6) is 0. The Morgan fingerprint density at radius 1 is 1.53 bits per heavy atom. The highest BCUT2D eigenvalue weighted by Crippen LogP contribution is 2.21. The van der Waals surface area contributed by atoms with Gasteiger partial charge in [0.05, 0.1) is 12.6 Å². The lowest BCUT2D eigenvalue weighted by Crippen LogP contribution is -2.23. The molecule has 0 aliphatic rings. The number of hydrogen-bond acceptors (Lipinski definition) is 5. The minimum Gasteiger partial charge on any atom is -0.424 e. The first-order chi connectivity index (χ1) is 8.22. The first-order valence-corrected chi connectivity index (χ1v) is 5.64. The summed E-state index contributed by atoms with van der Waals surface area (Å²) in [6, 6.07) is 6.12. The van der Waals surface area contributed by atoms with Crippen LogP contribution in [0.5, 0.6) is 0 Å². The van der Waals surface area contributed by atoms with Crippen molar-refractivity contribution in [2.24, 2.45) is 0 Å². The summed E-state index contributed by atoms with van der Waals surface area (Å²) < 4.78 is 10.7. The van der Waals surface area contributed by atoms with Crippen LogP contribution in [-0.4, -0.2) is 24.7 Å². The van der Waals surface area contributed by atoms with Crippen LogP contribution in [0.2, 0.25) is 0 Å². The van der Waals surface area contributed by atoms with Crippen molar-refractivity contribution >= 4 is 22.8 Å². The van der Waals surface area contributed by atoms with Gasteiger partial charge in [0.2, 0.25) is 0 Å². The first-order valence-electron chi connectivity index (χ1n) is 5.64. The molecule has 92 valence electrons. The van der Waals surface area contributed by atoms with Crippen LogP contribution in [0, 0.1) is 0 Å². The molecule has 1 aromatic heterocycles. The molecule has 0 saturated heterocycles. The van der Waals surface area contributed by atoms with Crippen molar-refractivity contribution < 1.29 is 9.15 Å². The standard InChI is InChI=1S/C12H17N3O2/c1-3-9(7-16-2)14-12-15-10-6-8(13)4-5-11(10)17-12/h4-6,9H,3,7,13H2,1-2H3,(H,14,15). The Bertz CT molecular complexity index is 495. The van der Waals surface area contributed by atoms with E-state index in [1.54, 1.807) is 19.2 Å². The van der Waals surface area contributed by atoms with Crippen molar-refractivity contribution in [3.8, 4) is 0 Å². The molecule has 1 atom stereocenters. The second-order valence-corrected chi connectivity index (χ2v) is 3.95. The molecular formula is C12H17N3O2. The Labute approximate surface area is 100.0 Å². The minimum atomic E-state index is 0.199. The number of aromatic nitrogens is 1. The second kappa shape index (κ2) is 5.05. The molecule has 1 heterocycles. The van der Waals surface area contributed by atoms with Gasteiger partial charge in [-0.05, 0) is 24.6 Å². The quantitative estimate of drug-likeness (QED) is 0.777. The Hall–Kier alpha value is -1.75. The Morgan fingerprint density at radius 2 is 2.35 bits per heavy atom. The van der Waals surface area contributed by atoms with E-state index >= 15 is 0 Å². The fraction of sp³-hybridized carbons (Fsp3) is 0.417. The topological polar surface area (TPSA) is 73.3 Å². The molecule has 0 aliphatic heterocycles. The van der Waals surface area contributed by atoms with Gasteiger partial charge < -0.3 is 20.2 Å². The second-order valence-electron chi connectivity index (χ2n) is 3.95. The van der Waals surface area contributed by atoms with Crippen molar-refractivity contribution in [2.45, 2.75) is 19.4 Å². The van der Waals surface area contributed by atoms with Crippen molar-refractivity contribution in [2.75, 3.05) is 24.8 Å². The van der Waals surface area contributed by atoms with Crippen LogP contribution < -0.4 is 11.1 Å². The van der Waals surface area contributed by atoms with E-state index in [1.165, 1.54) is 0 Å². The van der Waals surface area contributed by atoms with Gasteiger partial charge in [-0.2, -0.15) is 4.98 Å². The maximum atomic E-state index is 5.69. The summed E-state index contributed by atoms with van der Waals surface area (Å²) in [5.41, 5.74) is 7.86. The lowest BCUT2D eigenvalue weighted by Gasteiger charge is -2.13. The molecule has 2 aromatic rings. The highest BCUT2D eigenvalue weighted by Gasteiger charge is 2.10. The van der Waals surface area contributed by atoms with Gasteiger partial charge in [-0.15, -0.1) is 0 Å². The zero-order chi connectivity index (χ0) is 12.3. The van der Waals surface area contributed by atoms with Gasteiger partial charge in [0.1, 0.15) is 5.52 Å². The predicted octanol–water partition coefficient (Wildman–Crippen LogP) is 2.25. The van der Waals surface area contributed by atoms with E-state index < -0.39 is 0 Å². The zero-order valence-electron chi connectivity index (χ0n) is 10.1. The molecule has 0 radical (unpaired) electrons. The predicted molar refractivity (Wildman–Crippen MR) is 68.0 cm³/mol. The summed E-state index contributed by atoms with van der Waals surface area (Å²) in [7, 11) is 1.68. The van der Waals surface area contributed by atoms with Crippen LogP contribution in [-0.2, 0) is 4.74 Å². The van der Waals surface area contributed by atoms with E-state index in [1.807, 2.05) is 6.07 Å². The molecule has 0 amide bonds. The summed E-state index contributed by atoms with van der Waals surface area (Å²) in [5, 5.41) is 3.19. The lowest BCUT2D eigenvalue weighted by molar-refractivity contribution is 0.183. The fourth-order valence-electron chi connectivity index (χ4n) is 1.64. The Morgan fingerprint density at radius 3 is 3.06 bits per heavy atom. The zero-order valence-corrected chi connectivity index (χ0v) is 10.1. The molecule has 0 spiro atoms. The third-order valence-corrected chi connectivity index (χ3v) is 2.60. The van der Waals surface area contributed by atoms with Crippen molar-refractivity contribution in [1.29, 1.82) is 0 Å². The molecule has 17 heavy (non-hydrogen) atoms. The number of ether oxygens (including phenoxy) is 1. The van der Waals surface area contributed by atoms with Crippen LogP contribution in [0.15, 0.2) is 22.6 Å². The highest BCUT2D eigenvalue weighted by molar-refractivity contribution is 5.78. The van der Waals surface area contributed by atoms with Gasteiger partial charge in [0.15, 0.2) is 5.58 Å². The van der Waals surface area contributed by atoms with E-state index in [0.717, 1.165) is 17.5 Å². The maximum absolute atomic E-state index is 5.69. The molecule has 0 aliphatic carbocycles. The van der Waals surface area contributed by atoms with E-state index in [9.17, 15) is 0 Å². The monoisotopic (exact) mass is 235 g/mol. The number of oxazole rings is 1. The van der Waals surface area contributed by atoms with Gasteiger partial charge in [0.25, 0.3) is 6.01 Å². The number of nitrogens with zero attached hydrogens (tertiary/aromatic N) is 1. The number of methoxy groups -OCH3 is 1. The minimum absolute atomic E-state index is 0.199. The highest BCUT2D eigenvalue weighted by atomic mass is 16.5. The summed E-state index contributed by atoms with van der Waals surface area (Å²) in [6.07, 6.45) is 0.939. The lowest BCUT2D eigenvalue weighted by atomic mass is 10.2. The molecule has 5 heteroatoms. The molecule has 0 bridgehead atoms. The molecule has 1 unspecified atom stereocenters. The van der Waals surface area contributed by atoms with Gasteiger partial charge in [-0.3, -0.25) is 0 Å². The molecular weight excluding hydrogens is 218 g/mol. The number of nitrogens with two attached hydrogens (primary N) is 1. The summed E-state index contributed by atoms with van der Waals surface area (Å²) in [4.78, 5) is 4.33. The van der Waals surface area contributed by atoms with Gasteiger partial charge in [-0.25, -0.2) is 0 Å². The molecule has 1 aromatic carbocycles. The van der Waals surface area contributed by atoms with E-state index in [0.29, 0.717) is 18.3 Å². The smallest absolute Gasteiger partial charge is 0.295 e. The molecule has 0 saturated carbocycles. The van der Waals surface area contributed by atoms with Gasteiger partial charge in [-0.1, -0.05) is 6.92 Å². The molecule has 0 fully saturated rings. The third kappa shape index (κ3) is 2.68. The number of benzene rings is 1. The largest absolute Gasteiger partial charge is 0.424 e. The SMILES string of the molecule is CCC(COC)Nc1nc2cc(N)ccc2o1. The van der Waals surface area contributed by atoms with Crippen LogP contribution in [0.4, 0.5) is 11.7 Å². The number of fused-ring (bicyclic) bond motifs is 1. The number of rotatable bonds is 5. The Kier molecular flexibility index (Phi) is 3.49. The number of anilines is 2. The van der Waals surface area contributed by atoms with Gasteiger partial charge >= 0.3 is 0 Å². The van der Waals surface area contributed by atoms with Crippen molar-refractivity contribution in [3.05, 3.63) is 18.2 Å². The molecule has 5 nitrogen and oxygen atoms in total. The Balaban J connectivity index is 2.18. The van der Waals surface area contributed by atoms with Crippen molar-refractivity contribution in [3.63, 3.8) is 0 Å². The molecule has 3 N–H and O–H groups in total. The van der Waals surface area contributed by atoms with Crippen LogP contribution >= 0.6 is 0 Å². The normalized spacial score (nSPS) is 12.8. The van der Waals surface area contributed by atoms with E-state index in [-0.39, 0.29) is 6.04 Å². The van der Waals surface area contributed by atoms with Crippen LogP contribution in [0.25, 0.3) is 11.1 Å². The molecule has 2 rings (SSSR count). The average Bonchev–Trinajstić information content (AvgIpc) is 2.69. The summed E-state index contributed by atoms with van der Waals surface area (Å²) >= 11 is 0. The van der Waals surface area contributed by atoms with Crippen LogP contribution in [0.3, 0.4) is 0 Å². The van der Waals surface area contributed by atoms with Crippen LogP contribution in [0.1, 0.15) is 13.3 Å². The third-order valence-electron chi connectivity index (χ3n) is 2.60. The fourth-order valence-corrected chi connectivity index (χ4v) is 1.64. The summed E-state index contributed by atoms with van der Waals surface area (Å²) in [6.45, 7) is 2.70. The number of nitrogens with one attached hydrogen (secondary N) is 1. The number of hydrogen-bond donors (Lipinski definition) is 2. The number of nitrogen functional groups attached to an aromatic ring is 1. The van der Waals surface area contributed by atoms with E-state index in [4.69, 9.17) is 14.9 Å². The average molecular weight is 235 g/mol. The van der Waals surface area contributed by atoms with E-state index in [2.05, 4.69) is 17.2 Å². The van der Waals surface area contributed by atoms with Gasteiger partial charge in [0, 0.05) is 12.8 Å².